The largest absolute Gasteiger partial charge is 0.504 e. The van der Waals surface area contributed by atoms with Crippen LogP contribution in [-0.4, -0.2) is 51.5 Å². The average molecular weight is 639 g/mol. The van der Waals surface area contributed by atoms with E-state index in [0.29, 0.717) is 29.7 Å². The van der Waals surface area contributed by atoms with Crippen molar-refractivity contribution in [2.75, 3.05) is 13.7 Å². The van der Waals surface area contributed by atoms with Crippen LogP contribution in [0.2, 0.25) is 0 Å². The highest BCUT2D eigenvalue weighted by molar-refractivity contribution is 5.47. The van der Waals surface area contributed by atoms with Gasteiger partial charge in [-0.05, 0) is 138 Å². The molecule has 0 aromatic heterocycles. The van der Waals surface area contributed by atoms with Gasteiger partial charge in [0.05, 0.1) is 19.8 Å². The molecule has 0 radical (unpaired) electrons. The van der Waals surface area contributed by atoms with Crippen LogP contribution in [0.5, 0.6) is 11.5 Å². The second kappa shape index (κ2) is 11.0. The van der Waals surface area contributed by atoms with Crippen LogP contribution in [0.25, 0.3) is 0 Å². The SMILES string of the molecule is COc1cc([C@](O)(CO)C(O)C2=C3[C@@H]4[C@@H](C)[C@H](C)CC[C@]4(C)CC[C@@]3(C)[C@]3(C)CC[C@H]4C(C)(C)[C@H](O)CC[C@]4(C)[C@H]3C2)ccc1O. The van der Waals surface area contributed by atoms with Gasteiger partial charge in [0.15, 0.2) is 11.5 Å². The van der Waals surface area contributed by atoms with Crippen LogP contribution in [0.1, 0.15) is 119 Å². The minimum absolute atomic E-state index is 0.00397. The van der Waals surface area contributed by atoms with Crippen molar-refractivity contribution in [1.29, 1.82) is 0 Å². The number of benzene rings is 1. The third-order valence-electron chi connectivity index (χ3n) is 16.2. The quantitative estimate of drug-likeness (QED) is 0.216. The lowest BCUT2D eigenvalue weighted by Gasteiger charge is -2.72. The number of ether oxygens (including phenoxy) is 1. The normalized spacial score (nSPS) is 45.4. The lowest BCUT2D eigenvalue weighted by atomic mass is 9.32. The minimum atomic E-state index is -1.98. The molecule has 5 aliphatic carbocycles. The number of rotatable bonds is 5. The number of phenolic OH excluding ortho intramolecular Hbond substituents is 1. The van der Waals surface area contributed by atoms with Gasteiger partial charge in [0.25, 0.3) is 0 Å². The number of aromatic hydroxyl groups is 1. The maximum absolute atomic E-state index is 12.7. The van der Waals surface area contributed by atoms with Gasteiger partial charge in [-0.2, -0.15) is 0 Å². The molecule has 0 heterocycles. The Morgan fingerprint density at radius 1 is 0.935 bits per heavy atom. The molecule has 0 bridgehead atoms. The second-order valence-electron chi connectivity index (χ2n) is 18.3. The highest BCUT2D eigenvalue weighted by Gasteiger charge is 2.69. The fraction of sp³-hybridized carbons (Fsp3) is 0.800. The maximum atomic E-state index is 12.7. The van der Waals surface area contributed by atoms with Crippen molar-refractivity contribution in [2.24, 2.45) is 56.7 Å². The van der Waals surface area contributed by atoms with Crippen molar-refractivity contribution in [3.63, 3.8) is 0 Å². The molecular formula is C40H62O6. The highest BCUT2D eigenvalue weighted by atomic mass is 16.5. The molecule has 6 nitrogen and oxygen atoms in total. The molecule has 1 aromatic carbocycles. The number of allylic oxidation sites excluding steroid dienone is 1. The third kappa shape index (κ3) is 4.41. The molecule has 0 amide bonds. The fourth-order valence-electron chi connectivity index (χ4n) is 12.8. The molecule has 12 atom stereocenters. The summed E-state index contributed by atoms with van der Waals surface area (Å²) in [7, 11) is 1.46. The topological polar surface area (TPSA) is 110 Å². The molecule has 6 rings (SSSR count). The monoisotopic (exact) mass is 638 g/mol. The molecule has 4 fully saturated rings. The first-order valence-electron chi connectivity index (χ1n) is 18.2. The van der Waals surface area contributed by atoms with Gasteiger partial charge in [-0.25, -0.2) is 0 Å². The molecule has 6 heteroatoms. The van der Waals surface area contributed by atoms with Crippen molar-refractivity contribution in [3.05, 3.63) is 34.9 Å². The Bertz CT molecular complexity index is 1390. The van der Waals surface area contributed by atoms with E-state index >= 15 is 0 Å². The van der Waals surface area contributed by atoms with Crippen LogP contribution in [0.3, 0.4) is 0 Å². The summed E-state index contributed by atoms with van der Waals surface area (Å²) < 4.78 is 5.39. The number of fused-ring (bicyclic) bond motifs is 7. The molecular weight excluding hydrogens is 576 g/mol. The van der Waals surface area contributed by atoms with E-state index in [9.17, 15) is 25.5 Å². The van der Waals surface area contributed by atoms with Crippen molar-refractivity contribution >= 4 is 0 Å². The van der Waals surface area contributed by atoms with Crippen LogP contribution in [0.15, 0.2) is 29.3 Å². The van der Waals surface area contributed by atoms with Gasteiger partial charge in [0.1, 0.15) is 11.7 Å². The van der Waals surface area contributed by atoms with Crippen molar-refractivity contribution in [1.82, 2.24) is 0 Å². The van der Waals surface area contributed by atoms with E-state index in [1.54, 1.807) is 12.1 Å². The predicted octanol–water partition coefficient (Wildman–Crippen LogP) is 7.35. The Morgan fingerprint density at radius 3 is 2.28 bits per heavy atom. The first kappa shape index (κ1) is 34.3. The minimum Gasteiger partial charge on any atom is -0.504 e. The van der Waals surface area contributed by atoms with E-state index in [0.717, 1.165) is 50.5 Å². The smallest absolute Gasteiger partial charge is 0.160 e. The zero-order valence-electron chi connectivity index (χ0n) is 30.0. The van der Waals surface area contributed by atoms with E-state index in [1.165, 1.54) is 25.2 Å². The summed E-state index contributed by atoms with van der Waals surface area (Å²) in [6.07, 6.45) is 7.51. The van der Waals surface area contributed by atoms with Crippen LogP contribution in [-0.2, 0) is 5.60 Å². The standard InChI is InChI=1S/C40H62O6/c1-23-12-15-36(5)18-19-39(8)33(32(36)24(23)2)26(34(44)40(45,22-41)25-10-11-27(42)28(20-25)46-9)21-30-37(6)16-14-31(43)35(3,4)29(37)13-17-38(30,39)7/h10-11,20,23-24,29-32,34,41-45H,12-19,21-22H2,1-9H3/t23-,24+,29+,30-,31-,32+,34?,36-,37+,38-,39-,40-/m1/s1. The summed E-state index contributed by atoms with van der Waals surface area (Å²) >= 11 is 0. The molecule has 5 aliphatic rings. The third-order valence-corrected chi connectivity index (χ3v) is 16.2. The van der Waals surface area contributed by atoms with Gasteiger partial charge >= 0.3 is 0 Å². The molecule has 4 saturated carbocycles. The molecule has 1 unspecified atom stereocenters. The summed E-state index contributed by atoms with van der Waals surface area (Å²) in [5, 5.41) is 57.7. The lowest BCUT2D eigenvalue weighted by Crippen LogP contribution is -2.66. The summed E-state index contributed by atoms with van der Waals surface area (Å²) in [6, 6.07) is 4.60. The zero-order chi connectivity index (χ0) is 33.8. The summed E-state index contributed by atoms with van der Waals surface area (Å²) in [4.78, 5) is 0. The lowest BCUT2D eigenvalue weighted by molar-refractivity contribution is -0.208. The van der Waals surface area contributed by atoms with E-state index in [4.69, 9.17) is 4.74 Å². The Kier molecular flexibility index (Phi) is 8.16. The molecule has 1 aromatic rings. The zero-order valence-corrected chi connectivity index (χ0v) is 30.0. The van der Waals surface area contributed by atoms with Crippen molar-refractivity contribution < 1.29 is 30.3 Å². The Morgan fingerprint density at radius 2 is 1.63 bits per heavy atom. The number of phenols is 1. The molecule has 5 N–H and O–H groups in total. The van der Waals surface area contributed by atoms with Gasteiger partial charge in [-0.1, -0.05) is 67.0 Å². The Hall–Kier alpha value is -1.60. The Balaban J connectivity index is 1.60. The summed E-state index contributed by atoms with van der Waals surface area (Å²) in [6.45, 7) is 18.6. The van der Waals surface area contributed by atoms with Gasteiger partial charge < -0.3 is 30.3 Å². The highest BCUT2D eigenvalue weighted by Crippen LogP contribution is 2.77. The van der Waals surface area contributed by atoms with Gasteiger partial charge in [0, 0.05) is 0 Å². The van der Waals surface area contributed by atoms with E-state index in [1.807, 2.05) is 0 Å². The summed E-state index contributed by atoms with van der Waals surface area (Å²) in [5.74, 6) is 2.02. The van der Waals surface area contributed by atoms with Crippen molar-refractivity contribution in [3.8, 4) is 11.5 Å². The van der Waals surface area contributed by atoms with Gasteiger partial charge in [0.2, 0.25) is 0 Å². The molecule has 0 saturated heterocycles. The van der Waals surface area contributed by atoms with Crippen LogP contribution in [0, 0.1) is 56.7 Å². The second-order valence-corrected chi connectivity index (χ2v) is 18.3. The number of aliphatic hydroxyl groups excluding tert-OH is 3. The van der Waals surface area contributed by atoms with Gasteiger partial charge in [-0.15, -0.1) is 0 Å². The predicted molar refractivity (Wildman–Crippen MR) is 181 cm³/mol. The van der Waals surface area contributed by atoms with Crippen LogP contribution in [0.4, 0.5) is 0 Å². The van der Waals surface area contributed by atoms with Gasteiger partial charge in [-0.3, -0.25) is 0 Å². The van der Waals surface area contributed by atoms with E-state index in [2.05, 4.69) is 55.4 Å². The van der Waals surface area contributed by atoms with E-state index < -0.39 is 18.3 Å². The average Bonchev–Trinajstić information content (AvgIpc) is 3.01. The van der Waals surface area contributed by atoms with Crippen LogP contribution < -0.4 is 4.74 Å². The van der Waals surface area contributed by atoms with E-state index in [-0.39, 0.29) is 56.5 Å². The number of hydrogen-bond donors (Lipinski definition) is 5. The molecule has 0 spiro atoms. The molecule has 46 heavy (non-hydrogen) atoms. The van der Waals surface area contributed by atoms with Crippen LogP contribution >= 0.6 is 0 Å². The molecule has 258 valence electrons. The number of hydrogen-bond acceptors (Lipinski definition) is 6. The number of methoxy groups -OCH3 is 1. The maximum Gasteiger partial charge on any atom is 0.160 e. The summed E-state index contributed by atoms with van der Waals surface area (Å²) in [5.41, 5.74) is 0.329. The van der Waals surface area contributed by atoms with Crippen molar-refractivity contribution in [2.45, 2.75) is 131 Å². The Labute approximate surface area is 277 Å². The number of aliphatic hydroxyl groups is 4. The first-order chi connectivity index (χ1) is 21.4. The molecule has 0 aliphatic heterocycles. The first-order valence-corrected chi connectivity index (χ1v) is 18.2. The fourth-order valence-corrected chi connectivity index (χ4v) is 12.8.